The largest absolute Gasteiger partial charge is 0.298 e. The molecule has 2 nitrogen and oxygen atoms in total. The maximum absolute atomic E-state index is 13.6. The van der Waals surface area contributed by atoms with Crippen LogP contribution < -0.4 is 0 Å². The van der Waals surface area contributed by atoms with E-state index in [1.165, 1.54) is 22.9 Å². The molecule has 0 aliphatic heterocycles. The van der Waals surface area contributed by atoms with Gasteiger partial charge in [-0.15, -0.1) is 11.3 Å². The zero-order valence-electron chi connectivity index (χ0n) is 7.71. The van der Waals surface area contributed by atoms with E-state index in [1.54, 1.807) is 6.07 Å². The van der Waals surface area contributed by atoms with Gasteiger partial charge in [0, 0.05) is 5.56 Å². The van der Waals surface area contributed by atoms with Gasteiger partial charge in [0.25, 0.3) is 0 Å². The topological polar surface area (TPSA) is 30.0 Å². The molecule has 1 aromatic carbocycles. The number of hydrogen-bond acceptors (Lipinski definition) is 3. The van der Waals surface area contributed by atoms with E-state index >= 15 is 0 Å². The summed E-state index contributed by atoms with van der Waals surface area (Å²) in [5.41, 5.74) is 1.83. The Bertz CT molecular complexity index is 556. The highest BCUT2D eigenvalue weighted by Crippen LogP contribution is 2.35. The van der Waals surface area contributed by atoms with E-state index in [0.717, 1.165) is 0 Å². The molecular weight excluding hydrogens is 272 g/mol. The summed E-state index contributed by atoms with van der Waals surface area (Å²) in [4.78, 5) is 15.2. The summed E-state index contributed by atoms with van der Waals surface area (Å²) < 4.78 is 13.6. The number of carbonyl (C=O) groups excluding carboxylic acids is 1. The standard InChI is InChI=1S/C10H4Cl2FNOS/c11-7-2-1-5(6(3-15)8(7)13)9-10(12)14-4-16-9/h1-4H. The van der Waals surface area contributed by atoms with Gasteiger partial charge in [-0.25, -0.2) is 9.37 Å². The number of aromatic nitrogens is 1. The molecule has 0 saturated heterocycles. The van der Waals surface area contributed by atoms with Gasteiger partial charge in [0.15, 0.2) is 12.1 Å². The predicted octanol–water partition coefficient (Wildman–Crippen LogP) is 4.07. The smallest absolute Gasteiger partial charge is 0.153 e. The van der Waals surface area contributed by atoms with E-state index in [9.17, 15) is 9.18 Å². The van der Waals surface area contributed by atoms with Crippen LogP contribution in [-0.2, 0) is 0 Å². The molecule has 0 aliphatic carbocycles. The highest BCUT2D eigenvalue weighted by Gasteiger charge is 2.16. The van der Waals surface area contributed by atoms with E-state index in [0.29, 0.717) is 16.7 Å². The van der Waals surface area contributed by atoms with Crippen molar-refractivity contribution in [3.63, 3.8) is 0 Å². The van der Waals surface area contributed by atoms with Crippen LogP contribution in [0.15, 0.2) is 17.6 Å². The Morgan fingerprint density at radius 2 is 2.12 bits per heavy atom. The number of carbonyl (C=O) groups is 1. The lowest BCUT2D eigenvalue weighted by Crippen LogP contribution is -1.93. The fourth-order valence-electron chi connectivity index (χ4n) is 1.29. The number of rotatable bonds is 2. The molecule has 0 amide bonds. The van der Waals surface area contributed by atoms with Crippen molar-refractivity contribution in [1.82, 2.24) is 4.98 Å². The number of halogens is 3. The summed E-state index contributed by atoms with van der Waals surface area (Å²) in [7, 11) is 0. The van der Waals surface area contributed by atoms with E-state index in [2.05, 4.69) is 4.98 Å². The lowest BCUT2D eigenvalue weighted by Gasteiger charge is -2.04. The molecule has 0 saturated carbocycles. The highest BCUT2D eigenvalue weighted by atomic mass is 35.5. The van der Waals surface area contributed by atoms with Crippen LogP contribution in [0, 0.1) is 5.82 Å². The third-order valence-electron chi connectivity index (χ3n) is 2.02. The minimum Gasteiger partial charge on any atom is -0.298 e. The van der Waals surface area contributed by atoms with Crippen molar-refractivity contribution >= 4 is 40.8 Å². The minimum atomic E-state index is -0.737. The van der Waals surface area contributed by atoms with E-state index in [1.807, 2.05) is 0 Å². The van der Waals surface area contributed by atoms with Gasteiger partial charge in [0.2, 0.25) is 0 Å². The highest BCUT2D eigenvalue weighted by molar-refractivity contribution is 7.14. The summed E-state index contributed by atoms with van der Waals surface area (Å²) in [5, 5.41) is 0.154. The van der Waals surface area contributed by atoms with Gasteiger partial charge in [-0.3, -0.25) is 4.79 Å². The van der Waals surface area contributed by atoms with Crippen LogP contribution in [0.2, 0.25) is 10.2 Å². The monoisotopic (exact) mass is 275 g/mol. The average molecular weight is 276 g/mol. The first-order chi connectivity index (χ1) is 7.65. The van der Waals surface area contributed by atoms with Crippen LogP contribution in [0.4, 0.5) is 4.39 Å². The van der Waals surface area contributed by atoms with Crippen molar-refractivity contribution in [2.24, 2.45) is 0 Å². The Kier molecular flexibility index (Phi) is 3.23. The van der Waals surface area contributed by atoms with Crippen molar-refractivity contribution in [3.8, 4) is 10.4 Å². The van der Waals surface area contributed by atoms with Gasteiger partial charge >= 0.3 is 0 Å². The second-order valence-corrected chi connectivity index (χ2v) is 4.53. The lowest BCUT2D eigenvalue weighted by atomic mass is 10.1. The second-order valence-electron chi connectivity index (χ2n) is 2.91. The maximum atomic E-state index is 13.6. The number of benzene rings is 1. The van der Waals surface area contributed by atoms with Crippen LogP contribution in [0.5, 0.6) is 0 Å². The molecule has 82 valence electrons. The summed E-state index contributed by atoms with van der Waals surface area (Å²) in [5.74, 6) is -0.737. The third-order valence-corrected chi connectivity index (χ3v) is 3.57. The maximum Gasteiger partial charge on any atom is 0.153 e. The molecule has 0 atom stereocenters. The van der Waals surface area contributed by atoms with Gasteiger partial charge in [-0.1, -0.05) is 29.3 Å². The Hall–Kier alpha value is -0.970. The summed E-state index contributed by atoms with van der Waals surface area (Å²) in [6.07, 6.45) is 0.423. The molecule has 0 N–H and O–H groups in total. The Labute approximate surface area is 105 Å². The molecule has 0 radical (unpaired) electrons. The first-order valence-electron chi connectivity index (χ1n) is 4.17. The van der Waals surface area contributed by atoms with Crippen LogP contribution in [0.25, 0.3) is 10.4 Å². The van der Waals surface area contributed by atoms with E-state index in [-0.39, 0.29) is 15.7 Å². The molecule has 1 aromatic heterocycles. The first-order valence-corrected chi connectivity index (χ1v) is 5.81. The molecule has 2 rings (SSSR count). The van der Waals surface area contributed by atoms with Gasteiger partial charge in [0.05, 0.1) is 21.0 Å². The van der Waals surface area contributed by atoms with Gasteiger partial charge in [-0.05, 0) is 6.07 Å². The van der Waals surface area contributed by atoms with Crippen molar-refractivity contribution in [1.29, 1.82) is 0 Å². The Morgan fingerprint density at radius 3 is 2.69 bits per heavy atom. The molecule has 0 unspecified atom stereocenters. The lowest BCUT2D eigenvalue weighted by molar-refractivity contribution is 0.112. The van der Waals surface area contributed by atoms with Crippen molar-refractivity contribution in [2.75, 3.05) is 0 Å². The fraction of sp³-hybridized carbons (Fsp3) is 0. The van der Waals surface area contributed by atoms with E-state index in [4.69, 9.17) is 23.2 Å². The summed E-state index contributed by atoms with van der Waals surface area (Å²) in [6, 6.07) is 2.93. The zero-order valence-corrected chi connectivity index (χ0v) is 10.0. The SMILES string of the molecule is O=Cc1c(-c2scnc2Cl)ccc(Cl)c1F. The zero-order chi connectivity index (χ0) is 11.7. The van der Waals surface area contributed by atoms with Crippen molar-refractivity contribution in [2.45, 2.75) is 0 Å². The molecular formula is C10H4Cl2FNOS. The number of nitrogens with zero attached hydrogens (tertiary/aromatic N) is 1. The number of hydrogen-bond donors (Lipinski definition) is 0. The van der Waals surface area contributed by atoms with Gasteiger partial charge in [-0.2, -0.15) is 0 Å². The molecule has 0 spiro atoms. The van der Waals surface area contributed by atoms with Crippen LogP contribution >= 0.6 is 34.5 Å². The number of thiazole rings is 1. The average Bonchev–Trinajstić information content (AvgIpc) is 2.68. The summed E-state index contributed by atoms with van der Waals surface area (Å²) >= 11 is 12.6. The first kappa shape index (κ1) is 11.5. The van der Waals surface area contributed by atoms with Crippen molar-refractivity contribution < 1.29 is 9.18 Å². The third kappa shape index (κ3) is 1.84. The fourth-order valence-corrected chi connectivity index (χ4v) is 2.51. The number of aldehydes is 1. The van der Waals surface area contributed by atoms with Gasteiger partial charge in [0.1, 0.15) is 5.15 Å². The normalized spacial score (nSPS) is 10.4. The summed E-state index contributed by atoms with van der Waals surface area (Å²) in [6.45, 7) is 0. The molecule has 0 bridgehead atoms. The Balaban J connectivity index is 2.71. The van der Waals surface area contributed by atoms with E-state index < -0.39 is 5.82 Å². The van der Waals surface area contributed by atoms with Crippen molar-refractivity contribution in [3.05, 3.63) is 39.2 Å². The minimum absolute atomic E-state index is 0.0912. The molecule has 0 aliphatic rings. The second kappa shape index (κ2) is 4.49. The van der Waals surface area contributed by atoms with Crippen LogP contribution in [0.3, 0.4) is 0 Å². The van der Waals surface area contributed by atoms with Gasteiger partial charge < -0.3 is 0 Å². The van der Waals surface area contributed by atoms with Crippen LogP contribution in [-0.4, -0.2) is 11.3 Å². The predicted molar refractivity (Wildman–Crippen MR) is 62.9 cm³/mol. The van der Waals surface area contributed by atoms with Crippen LogP contribution in [0.1, 0.15) is 10.4 Å². The molecule has 2 aromatic rings. The molecule has 0 fully saturated rings. The molecule has 6 heteroatoms. The Morgan fingerprint density at radius 1 is 1.38 bits per heavy atom. The quantitative estimate of drug-likeness (QED) is 0.774. The molecule has 1 heterocycles. The molecule has 16 heavy (non-hydrogen) atoms.